The number of carbonyl (C=O) groups is 2. The summed E-state index contributed by atoms with van der Waals surface area (Å²) < 4.78 is 14.9. The Bertz CT molecular complexity index is 1230. The number of hydrogen-bond donors (Lipinski definition) is 3. The van der Waals surface area contributed by atoms with E-state index >= 15 is 0 Å². The SMILES string of the molecule is CN1CCN(c2ccc(-c3cnc(N)c(-c4cc5c(cc4F)C(=O)NCC5)n3)cc2)CC1.O=CO. The summed E-state index contributed by atoms with van der Waals surface area (Å²) in [5.41, 5.74) is 10.4. The summed E-state index contributed by atoms with van der Waals surface area (Å²) >= 11 is 0. The number of nitrogens with two attached hydrogens (primary N) is 1. The van der Waals surface area contributed by atoms with Crippen LogP contribution in [-0.2, 0) is 11.2 Å². The Morgan fingerprint density at radius 3 is 2.49 bits per heavy atom. The van der Waals surface area contributed by atoms with Crippen molar-refractivity contribution in [1.82, 2.24) is 20.2 Å². The molecule has 1 aromatic heterocycles. The van der Waals surface area contributed by atoms with E-state index in [1.54, 1.807) is 12.3 Å². The summed E-state index contributed by atoms with van der Waals surface area (Å²) in [6.45, 7) is 4.36. The Hall–Kier alpha value is -4.05. The zero-order valence-corrected chi connectivity index (χ0v) is 19.4. The van der Waals surface area contributed by atoms with Crippen molar-refractivity contribution in [2.75, 3.05) is 50.4 Å². The molecule has 3 aromatic rings. The number of fused-ring (bicyclic) bond motifs is 1. The number of carbonyl (C=O) groups excluding carboxylic acids is 1. The van der Waals surface area contributed by atoms with Crippen molar-refractivity contribution >= 4 is 23.9 Å². The van der Waals surface area contributed by atoms with E-state index in [4.69, 9.17) is 15.6 Å². The highest BCUT2D eigenvalue weighted by molar-refractivity contribution is 5.97. The topological polar surface area (TPSA) is 125 Å². The van der Waals surface area contributed by atoms with Gasteiger partial charge in [0.2, 0.25) is 0 Å². The molecule has 35 heavy (non-hydrogen) atoms. The molecule has 5 rings (SSSR count). The molecule has 1 amide bonds. The maximum absolute atomic E-state index is 14.9. The van der Waals surface area contributed by atoms with Crippen LogP contribution >= 0.6 is 0 Å². The van der Waals surface area contributed by atoms with Crippen molar-refractivity contribution in [3.05, 3.63) is 59.5 Å². The van der Waals surface area contributed by atoms with Gasteiger partial charge >= 0.3 is 0 Å². The molecule has 2 aliphatic rings. The van der Waals surface area contributed by atoms with E-state index in [0.717, 1.165) is 37.3 Å². The molecule has 0 aliphatic carbocycles. The van der Waals surface area contributed by atoms with Crippen LogP contribution in [0.3, 0.4) is 0 Å². The maximum atomic E-state index is 14.9. The first kappa shape index (κ1) is 24.1. The molecule has 0 radical (unpaired) electrons. The number of rotatable bonds is 3. The molecule has 0 unspecified atom stereocenters. The molecule has 10 heteroatoms. The first-order valence-electron chi connectivity index (χ1n) is 11.3. The average Bonchev–Trinajstić information content (AvgIpc) is 2.86. The number of carboxylic acid groups (broad SMARTS) is 1. The number of hydrogen-bond acceptors (Lipinski definition) is 7. The summed E-state index contributed by atoms with van der Waals surface area (Å²) in [6, 6.07) is 11.1. The van der Waals surface area contributed by atoms with Gasteiger partial charge in [0.25, 0.3) is 12.4 Å². The monoisotopic (exact) mass is 478 g/mol. The summed E-state index contributed by atoms with van der Waals surface area (Å²) in [6.07, 6.45) is 2.24. The number of nitrogens with one attached hydrogen (secondary N) is 1. The van der Waals surface area contributed by atoms with E-state index in [1.165, 1.54) is 11.8 Å². The molecule has 0 atom stereocenters. The van der Waals surface area contributed by atoms with Crippen LogP contribution in [0, 0.1) is 5.82 Å². The molecular weight excluding hydrogens is 451 g/mol. The minimum absolute atomic E-state index is 0.155. The zero-order valence-electron chi connectivity index (χ0n) is 19.4. The number of amides is 1. The third-order valence-corrected chi connectivity index (χ3v) is 6.20. The van der Waals surface area contributed by atoms with Crippen LogP contribution < -0.4 is 16.0 Å². The van der Waals surface area contributed by atoms with Crippen LogP contribution in [-0.4, -0.2) is 72.1 Å². The van der Waals surface area contributed by atoms with E-state index in [-0.39, 0.29) is 29.5 Å². The van der Waals surface area contributed by atoms with Crippen molar-refractivity contribution in [2.45, 2.75) is 6.42 Å². The van der Waals surface area contributed by atoms with E-state index < -0.39 is 5.82 Å². The van der Waals surface area contributed by atoms with E-state index in [0.29, 0.717) is 24.2 Å². The Morgan fingerprint density at radius 2 is 1.80 bits per heavy atom. The second kappa shape index (κ2) is 10.5. The summed E-state index contributed by atoms with van der Waals surface area (Å²) in [4.78, 5) is 34.0. The molecule has 2 aliphatic heterocycles. The van der Waals surface area contributed by atoms with Gasteiger partial charge in [-0.15, -0.1) is 0 Å². The maximum Gasteiger partial charge on any atom is 0.290 e. The van der Waals surface area contributed by atoms with Crippen molar-refractivity contribution < 1.29 is 19.1 Å². The Morgan fingerprint density at radius 1 is 1.11 bits per heavy atom. The van der Waals surface area contributed by atoms with Gasteiger partial charge < -0.3 is 26.0 Å². The molecule has 182 valence electrons. The minimum atomic E-state index is -0.538. The number of aromatic nitrogens is 2. The lowest BCUT2D eigenvalue weighted by molar-refractivity contribution is -0.122. The minimum Gasteiger partial charge on any atom is -0.483 e. The molecule has 4 N–H and O–H groups in total. The Kier molecular flexibility index (Phi) is 7.21. The number of nitrogen functional groups attached to an aromatic ring is 1. The Labute approximate surface area is 202 Å². The predicted molar refractivity (Wildman–Crippen MR) is 132 cm³/mol. The van der Waals surface area contributed by atoms with Crippen LogP contribution in [0.4, 0.5) is 15.9 Å². The largest absolute Gasteiger partial charge is 0.483 e. The van der Waals surface area contributed by atoms with Gasteiger partial charge in [0.05, 0.1) is 11.9 Å². The summed E-state index contributed by atoms with van der Waals surface area (Å²) in [7, 11) is 2.14. The molecule has 0 spiro atoms. The van der Waals surface area contributed by atoms with Gasteiger partial charge in [-0.3, -0.25) is 9.59 Å². The summed E-state index contributed by atoms with van der Waals surface area (Å²) in [5.74, 6) is -0.642. The molecule has 3 heterocycles. The van der Waals surface area contributed by atoms with Gasteiger partial charge in [-0.05, 0) is 43.3 Å². The molecule has 9 nitrogen and oxygen atoms in total. The van der Waals surface area contributed by atoms with Gasteiger partial charge in [-0.1, -0.05) is 12.1 Å². The van der Waals surface area contributed by atoms with Gasteiger partial charge in [-0.25, -0.2) is 14.4 Å². The standard InChI is InChI=1S/C24H25FN6O.CH2O2/c1-30-8-10-31(11-9-30)17-4-2-15(3-5-17)21-14-28-23(26)22(29-21)19-12-16-6-7-27-24(32)18(16)13-20(19)25;2-1-3/h2-5,12-14H,6-11H2,1H3,(H2,26,28)(H,27,32);1H,(H,2,3). The van der Waals surface area contributed by atoms with Gasteiger partial charge in [0.15, 0.2) is 0 Å². The van der Waals surface area contributed by atoms with Crippen molar-refractivity contribution in [3.8, 4) is 22.5 Å². The normalized spacial score (nSPS) is 15.5. The number of likely N-dealkylation sites (N-methyl/N-ethyl adjacent to an activating group) is 1. The fourth-order valence-electron chi connectivity index (χ4n) is 4.27. The molecule has 1 saturated heterocycles. The number of benzene rings is 2. The van der Waals surface area contributed by atoms with Crippen LogP contribution in [0.5, 0.6) is 0 Å². The average molecular weight is 479 g/mol. The smallest absolute Gasteiger partial charge is 0.290 e. The third kappa shape index (κ3) is 5.22. The number of piperazine rings is 1. The second-order valence-electron chi connectivity index (χ2n) is 8.43. The Balaban J connectivity index is 0.000000917. The van der Waals surface area contributed by atoms with Crippen LogP contribution in [0.2, 0.25) is 0 Å². The fraction of sp³-hybridized carbons (Fsp3) is 0.280. The van der Waals surface area contributed by atoms with Crippen LogP contribution in [0.25, 0.3) is 22.5 Å². The summed E-state index contributed by atoms with van der Waals surface area (Å²) in [5, 5.41) is 9.62. The number of nitrogens with zero attached hydrogens (tertiary/aromatic N) is 4. The lowest BCUT2D eigenvalue weighted by Crippen LogP contribution is -2.44. The van der Waals surface area contributed by atoms with Crippen LogP contribution in [0.1, 0.15) is 15.9 Å². The fourth-order valence-corrected chi connectivity index (χ4v) is 4.27. The molecule has 0 saturated carbocycles. The number of anilines is 2. The zero-order chi connectivity index (χ0) is 24.9. The van der Waals surface area contributed by atoms with Crippen molar-refractivity contribution in [3.63, 3.8) is 0 Å². The first-order chi connectivity index (χ1) is 16.9. The van der Waals surface area contributed by atoms with Gasteiger partial charge in [0, 0.05) is 55.1 Å². The van der Waals surface area contributed by atoms with Gasteiger partial charge in [-0.2, -0.15) is 0 Å². The third-order valence-electron chi connectivity index (χ3n) is 6.20. The van der Waals surface area contributed by atoms with Gasteiger partial charge in [0.1, 0.15) is 17.3 Å². The van der Waals surface area contributed by atoms with Crippen LogP contribution in [0.15, 0.2) is 42.6 Å². The number of halogens is 1. The molecule has 1 fully saturated rings. The lowest BCUT2D eigenvalue weighted by atomic mass is 9.96. The highest BCUT2D eigenvalue weighted by Gasteiger charge is 2.22. The van der Waals surface area contributed by atoms with E-state index in [9.17, 15) is 9.18 Å². The molecular formula is C25H27FN6O3. The highest BCUT2D eigenvalue weighted by Crippen LogP contribution is 2.31. The lowest BCUT2D eigenvalue weighted by Gasteiger charge is -2.34. The quantitative estimate of drug-likeness (QED) is 0.490. The molecule has 0 bridgehead atoms. The molecule has 2 aromatic carbocycles. The first-order valence-corrected chi connectivity index (χ1v) is 11.3. The van der Waals surface area contributed by atoms with Crippen molar-refractivity contribution in [1.29, 1.82) is 0 Å². The predicted octanol–water partition coefficient (Wildman–Crippen LogP) is 2.27. The van der Waals surface area contributed by atoms with E-state index in [1.807, 2.05) is 12.1 Å². The van der Waals surface area contributed by atoms with Crippen molar-refractivity contribution in [2.24, 2.45) is 0 Å². The highest BCUT2D eigenvalue weighted by atomic mass is 19.1. The second-order valence-corrected chi connectivity index (χ2v) is 8.43. The van der Waals surface area contributed by atoms with E-state index in [2.05, 4.69) is 44.3 Å².